The number of thioether (sulfide) groups is 1. The van der Waals surface area contributed by atoms with Crippen LogP contribution in [-0.4, -0.2) is 58.8 Å². The minimum absolute atomic E-state index is 0.238. The van der Waals surface area contributed by atoms with Gasteiger partial charge in [-0.15, -0.1) is 10.2 Å². The molecule has 0 spiro atoms. The first-order valence-corrected chi connectivity index (χ1v) is 10.7. The summed E-state index contributed by atoms with van der Waals surface area (Å²) in [5.74, 6) is 2.13. The third-order valence-electron chi connectivity index (χ3n) is 3.84. The van der Waals surface area contributed by atoms with Crippen LogP contribution in [0.3, 0.4) is 0 Å². The van der Waals surface area contributed by atoms with E-state index >= 15 is 0 Å². The molecule has 0 bridgehead atoms. The Labute approximate surface area is 162 Å². The largest absolute Gasteiger partial charge is 0.493 e. The third-order valence-corrected chi connectivity index (χ3v) is 6.57. The maximum absolute atomic E-state index is 12.1. The molecule has 0 saturated carbocycles. The van der Waals surface area contributed by atoms with Gasteiger partial charge in [0.05, 0.1) is 11.5 Å². The number of sulfonamides is 1. The number of aryl methyl sites for hydroxylation is 2. The monoisotopic (exact) mass is 407 g/mol. The molecule has 0 aliphatic heterocycles. The molecule has 1 aromatic carbocycles. The summed E-state index contributed by atoms with van der Waals surface area (Å²) >= 11 is 1.53. The van der Waals surface area contributed by atoms with Gasteiger partial charge in [0.25, 0.3) is 0 Å². The molecule has 0 unspecified atom stereocenters. The van der Waals surface area contributed by atoms with Crippen LogP contribution in [0.25, 0.3) is 5.65 Å². The summed E-state index contributed by atoms with van der Waals surface area (Å²) in [6, 6.07) is 8.29. The van der Waals surface area contributed by atoms with Gasteiger partial charge in [-0.2, -0.15) is 0 Å². The number of benzene rings is 1. The molecule has 0 saturated heterocycles. The molecule has 2 heterocycles. The van der Waals surface area contributed by atoms with Crippen LogP contribution >= 0.6 is 11.8 Å². The van der Waals surface area contributed by atoms with Gasteiger partial charge < -0.3 is 4.74 Å². The first-order valence-electron chi connectivity index (χ1n) is 8.26. The highest BCUT2D eigenvalue weighted by Crippen LogP contribution is 2.20. The Balaban J connectivity index is 1.58. The van der Waals surface area contributed by atoms with Gasteiger partial charge in [0.15, 0.2) is 10.8 Å². The summed E-state index contributed by atoms with van der Waals surface area (Å²) in [5.41, 5.74) is 1.69. The van der Waals surface area contributed by atoms with E-state index in [9.17, 15) is 8.42 Å². The number of aromatic nitrogens is 4. The Morgan fingerprint density at radius 3 is 2.52 bits per heavy atom. The number of hydrogen-bond donors (Lipinski definition) is 0. The molecule has 8 nitrogen and oxygen atoms in total. The lowest BCUT2D eigenvalue weighted by Crippen LogP contribution is -2.22. The van der Waals surface area contributed by atoms with E-state index < -0.39 is 10.0 Å². The standard InChI is InChI=1S/C17H21N5O3S2/c1-12-11-16-19-20-17(22(16)13(2)18-12)26-10-9-25-14-5-7-15(8-6-14)27(23,24)21(3)4/h5-8,11H,9-10H2,1-4H3. The van der Waals surface area contributed by atoms with Crippen LogP contribution in [0.2, 0.25) is 0 Å². The van der Waals surface area contributed by atoms with Gasteiger partial charge in [-0.05, 0) is 38.1 Å². The molecular weight excluding hydrogens is 386 g/mol. The molecule has 0 radical (unpaired) electrons. The zero-order valence-corrected chi connectivity index (χ0v) is 17.2. The summed E-state index contributed by atoms with van der Waals surface area (Å²) in [6.07, 6.45) is 0. The highest BCUT2D eigenvalue weighted by atomic mass is 32.2. The molecule has 0 fully saturated rings. The molecule has 10 heteroatoms. The van der Waals surface area contributed by atoms with Crippen molar-refractivity contribution in [3.63, 3.8) is 0 Å². The van der Waals surface area contributed by atoms with Crippen LogP contribution in [0.4, 0.5) is 0 Å². The first-order chi connectivity index (χ1) is 12.8. The van der Waals surface area contributed by atoms with Crippen molar-refractivity contribution in [1.82, 2.24) is 23.9 Å². The average molecular weight is 408 g/mol. The highest BCUT2D eigenvalue weighted by Gasteiger charge is 2.16. The van der Waals surface area contributed by atoms with Gasteiger partial charge in [-0.1, -0.05) is 11.8 Å². The van der Waals surface area contributed by atoms with E-state index in [1.54, 1.807) is 24.3 Å². The molecule has 0 atom stereocenters. The van der Waals surface area contributed by atoms with Gasteiger partial charge in [-0.3, -0.25) is 4.40 Å². The van der Waals surface area contributed by atoms with Gasteiger partial charge in [0.1, 0.15) is 11.6 Å². The van der Waals surface area contributed by atoms with Crippen LogP contribution in [0, 0.1) is 13.8 Å². The molecule has 0 N–H and O–H groups in total. The molecule has 3 aromatic rings. The fourth-order valence-corrected chi connectivity index (χ4v) is 4.21. The molecular formula is C17H21N5O3S2. The highest BCUT2D eigenvalue weighted by molar-refractivity contribution is 7.99. The normalized spacial score (nSPS) is 12.0. The second-order valence-corrected chi connectivity index (χ2v) is 9.29. The quantitative estimate of drug-likeness (QED) is 0.438. The van der Waals surface area contributed by atoms with E-state index in [2.05, 4.69) is 15.2 Å². The van der Waals surface area contributed by atoms with E-state index in [1.807, 2.05) is 24.3 Å². The topological polar surface area (TPSA) is 89.7 Å². The number of ether oxygens (including phenoxy) is 1. The first kappa shape index (κ1) is 19.6. The van der Waals surface area contributed by atoms with Crippen LogP contribution in [0.1, 0.15) is 11.5 Å². The average Bonchev–Trinajstić information content (AvgIpc) is 3.02. The van der Waals surface area contributed by atoms with Gasteiger partial charge >= 0.3 is 0 Å². The Morgan fingerprint density at radius 2 is 1.85 bits per heavy atom. The van der Waals surface area contributed by atoms with Crippen LogP contribution in [0.5, 0.6) is 5.75 Å². The minimum atomic E-state index is -3.43. The number of hydrogen-bond acceptors (Lipinski definition) is 7. The second kappa shape index (κ2) is 7.83. The van der Waals surface area contributed by atoms with E-state index in [0.717, 1.165) is 22.3 Å². The maximum atomic E-state index is 12.1. The van der Waals surface area contributed by atoms with Crippen molar-refractivity contribution < 1.29 is 13.2 Å². The molecule has 0 aliphatic carbocycles. The molecule has 0 amide bonds. The summed E-state index contributed by atoms with van der Waals surface area (Å²) < 4.78 is 32.9. The zero-order valence-electron chi connectivity index (χ0n) is 15.6. The third kappa shape index (κ3) is 4.23. The Hall–Kier alpha value is -2.17. The number of fused-ring (bicyclic) bond motifs is 1. The van der Waals surface area contributed by atoms with E-state index in [-0.39, 0.29) is 4.90 Å². The van der Waals surface area contributed by atoms with Gasteiger partial charge in [-0.25, -0.2) is 17.7 Å². The molecule has 3 rings (SSSR count). The smallest absolute Gasteiger partial charge is 0.242 e. The van der Waals surface area contributed by atoms with Crippen LogP contribution < -0.4 is 4.74 Å². The predicted octanol–water partition coefficient (Wildman–Crippen LogP) is 2.16. The Bertz CT molecular complexity index is 1050. The zero-order chi connectivity index (χ0) is 19.6. The minimum Gasteiger partial charge on any atom is -0.493 e. The SMILES string of the molecule is Cc1cc2nnc(SCCOc3ccc(S(=O)(=O)N(C)C)cc3)n2c(C)n1. The summed E-state index contributed by atoms with van der Waals surface area (Å²) in [5, 5.41) is 9.15. The lowest BCUT2D eigenvalue weighted by molar-refractivity contribution is 0.343. The maximum Gasteiger partial charge on any atom is 0.242 e. The fraction of sp³-hybridized carbons (Fsp3) is 0.353. The molecule has 2 aromatic heterocycles. The second-order valence-electron chi connectivity index (χ2n) is 6.08. The van der Waals surface area contributed by atoms with Crippen molar-refractivity contribution in [1.29, 1.82) is 0 Å². The Morgan fingerprint density at radius 1 is 1.15 bits per heavy atom. The number of rotatable bonds is 7. The van der Waals surface area contributed by atoms with Crippen molar-refractivity contribution in [2.45, 2.75) is 23.9 Å². The molecule has 144 valence electrons. The predicted molar refractivity (Wildman–Crippen MR) is 104 cm³/mol. The summed E-state index contributed by atoms with van der Waals surface area (Å²) in [4.78, 5) is 4.68. The summed E-state index contributed by atoms with van der Waals surface area (Å²) in [6.45, 7) is 4.31. The molecule has 27 heavy (non-hydrogen) atoms. The van der Waals surface area contributed by atoms with Gasteiger partial charge in [0.2, 0.25) is 10.0 Å². The van der Waals surface area contributed by atoms with Crippen molar-refractivity contribution in [2.24, 2.45) is 0 Å². The van der Waals surface area contributed by atoms with Crippen LogP contribution in [-0.2, 0) is 10.0 Å². The Kier molecular flexibility index (Phi) is 5.68. The van der Waals surface area contributed by atoms with E-state index in [0.29, 0.717) is 18.1 Å². The lowest BCUT2D eigenvalue weighted by Gasteiger charge is -2.12. The van der Waals surface area contributed by atoms with E-state index in [4.69, 9.17) is 4.74 Å². The van der Waals surface area contributed by atoms with Gasteiger partial charge in [0, 0.05) is 31.6 Å². The van der Waals surface area contributed by atoms with Crippen molar-refractivity contribution in [3.05, 3.63) is 41.9 Å². The lowest BCUT2D eigenvalue weighted by atomic mass is 10.3. The summed E-state index contributed by atoms with van der Waals surface area (Å²) in [7, 11) is -0.419. The van der Waals surface area contributed by atoms with Crippen molar-refractivity contribution in [3.8, 4) is 5.75 Å². The fourth-order valence-electron chi connectivity index (χ4n) is 2.51. The van der Waals surface area contributed by atoms with Crippen LogP contribution in [0.15, 0.2) is 40.4 Å². The molecule has 0 aliphatic rings. The van der Waals surface area contributed by atoms with Crippen molar-refractivity contribution >= 4 is 27.4 Å². The van der Waals surface area contributed by atoms with E-state index in [1.165, 1.54) is 30.2 Å². The number of nitrogens with zero attached hydrogens (tertiary/aromatic N) is 5. The van der Waals surface area contributed by atoms with Crippen molar-refractivity contribution in [2.75, 3.05) is 26.5 Å².